The highest BCUT2D eigenvalue weighted by Gasteiger charge is 2.26. The monoisotopic (exact) mass is 466 g/mol. The van der Waals surface area contributed by atoms with Crippen molar-refractivity contribution in [2.75, 3.05) is 7.05 Å². The average Bonchev–Trinajstić information content (AvgIpc) is 3.69. The maximum atomic E-state index is 13.8. The fourth-order valence-corrected chi connectivity index (χ4v) is 3.67. The highest BCUT2D eigenvalue weighted by Crippen LogP contribution is 2.26. The zero-order valence-corrected chi connectivity index (χ0v) is 19.1. The van der Waals surface area contributed by atoms with E-state index >= 15 is 0 Å². The molecule has 0 aliphatic rings. The van der Waals surface area contributed by atoms with E-state index in [0.717, 1.165) is 16.8 Å². The normalized spacial score (nSPS) is 12.5. The lowest BCUT2D eigenvalue weighted by Crippen LogP contribution is -2.32. The molecule has 2 aromatic carbocycles. The smallest absolute Gasteiger partial charge is 0.273 e. The molecule has 5 rings (SSSR count). The van der Waals surface area contributed by atoms with Gasteiger partial charge in [0.2, 0.25) is 0 Å². The Kier molecular flexibility index (Phi) is 6.00. The molecule has 0 N–H and O–H groups in total. The van der Waals surface area contributed by atoms with Crippen LogP contribution < -0.4 is 0 Å². The quantitative estimate of drug-likeness (QED) is 0.336. The minimum absolute atomic E-state index is 0.232. The van der Waals surface area contributed by atoms with Crippen molar-refractivity contribution < 1.29 is 9.21 Å². The van der Waals surface area contributed by atoms with Gasteiger partial charge in [0, 0.05) is 18.7 Å². The second-order valence-electron chi connectivity index (χ2n) is 7.85. The van der Waals surface area contributed by atoms with Gasteiger partial charge in [-0.15, -0.1) is 5.10 Å². The molecule has 1 atom stereocenters. The van der Waals surface area contributed by atoms with Gasteiger partial charge >= 0.3 is 0 Å². The summed E-state index contributed by atoms with van der Waals surface area (Å²) < 4.78 is 8.61. The fourth-order valence-electron chi connectivity index (χ4n) is 3.67. The van der Waals surface area contributed by atoms with Crippen molar-refractivity contribution in [3.8, 4) is 17.1 Å². The topological polar surface area (TPSA) is 108 Å². The third-order valence-corrected chi connectivity index (χ3v) is 5.73. The van der Waals surface area contributed by atoms with Gasteiger partial charge < -0.3 is 9.32 Å². The molecule has 0 saturated carbocycles. The first kappa shape index (κ1) is 22.0. The predicted molar refractivity (Wildman–Crippen MR) is 129 cm³/mol. The van der Waals surface area contributed by atoms with Crippen LogP contribution >= 0.6 is 0 Å². The van der Waals surface area contributed by atoms with Crippen molar-refractivity contribution in [3.05, 3.63) is 97.0 Å². The molecule has 0 saturated heterocycles. The molecule has 0 aliphatic carbocycles. The zero-order chi connectivity index (χ0) is 24.2. The van der Waals surface area contributed by atoms with E-state index < -0.39 is 0 Å². The number of tetrazole rings is 1. The van der Waals surface area contributed by atoms with Crippen molar-refractivity contribution in [3.63, 3.8) is 0 Å². The van der Waals surface area contributed by atoms with E-state index in [2.05, 4.69) is 25.6 Å². The molecule has 0 aliphatic heterocycles. The summed E-state index contributed by atoms with van der Waals surface area (Å²) in [5.41, 5.74) is 2.89. The van der Waals surface area contributed by atoms with Crippen LogP contribution in [0.5, 0.6) is 0 Å². The van der Waals surface area contributed by atoms with Gasteiger partial charge in [-0.2, -0.15) is 9.78 Å². The maximum absolute atomic E-state index is 13.8. The van der Waals surface area contributed by atoms with Gasteiger partial charge in [-0.05, 0) is 47.2 Å². The third-order valence-electron chi connectivity index (χ3n) is 5.73. The summed E-state index contributed by atoms with van der Waals surface area (Å²) in [5.74, 6) is 0.704. The number of carbonyl (C=O) groups is 1. The van der Waals surface area contributed by atoms with Gasteiger partial charge in [-0.1, -0.05) is 42.5 Å². The Hall–Kier alpha value is -4.86. The first-order valence-electron chi connectivity index (χ1n) is 10.9. The van der Waals surface area contributed by atoms with Crippen molar-refractivity contribution >= 4 is 17.7 Å². The summed E-state index contributed by atoms with van der Waals surface area (Å²) >= 11 is 0. The number of aromatic nitrogens is 7. The Bertz CT molecular complexity index is 1420. The van der Waals surface area contributed by atoms with Gasteiger partial charge in [-0.3, -0.25) is 4.79 Å². The number of amides is 1. The molecule has 1 unspecified atom stereocenters. The van der Waals surface area contributed by atoms with Crippen LogP contribution in [-0.2, 0) is 4.79 Å². The fraction of sp³-hybridized carbons (Fsp3) is 0.120. The van der Waals surface area contributed by atoms with E-state index in [1.807, 2.05) is 61.5 Å². The summed E-state index contributed by atoms with van der Waals surface area (Å²) in [6.07, 6.45) is 6.31. The lowest BCUT2D eigenvalue weighted by Gasteiger charge is -2.26. The maximum Gasteiger partial charge on any atom is 0.273 e. The number of nitrogens with zero attached hydrogens (tertiary/aromatic N) is 8. The number of likely N-dealkylation sites (N-methyl/N-ethyl adjacent to an activating group) is 1. The summed E-state index contributed by atoms with van der Waals surface area (Å²) in [4.78, 5) is 19.4. The molecule has 3 aromatic heterocycles. The van der Waals surface area contributed by atoms with E-state index in [-0.39, 0.29) is 17.6 Å². The molecule has 5 aromatic rings. The van der Waals surface area contributed by atoms with Crippen LogP contribution in [-0.4, -0.2) is 52.8 Å². The van der Waals surface area contributed by atoms with Crippen LogP contribution in [0.15, 0.2) is 90.1 Å². The van der Waals surface area contributed by atoms with E-state index in [1.165, 1.54) is 11.0 Å². The lowest BCUT2D eigenvalue weighted by molar-refractivity contribution is -0.126. The van der Waals surface area contributed by atoms with E-state index in [4.69, 9.17) is 4.42 Å². The molecule has 10 nitrogen and oxygen atoms in total. The number of hydrogen-bond acceptors (Lipinski definition) is 7. The predicted octanol–water partition coefficient (Wildman–Crippen LogP) is 3.73. The summed E-state index contributed by atoms with van der Waals surface area (Å²) in [6, 6.07) is 20.6. The Morgan fingerprint density at radius 3 is 2.54 bits per heavy atom. The number of rotatable bonds is 7. The molecule has 35 heavy (non-hydrogen) atoms. The summed E-state index contributed by atoms with van der Waals surface area (Å²) in [7, 11) is 1.75. The van der Waals surface area contributed by atoms with E-state index in [9.17, 15) is 4.79 Å². The van der Waals surface area contributed by atoms with Crippen molar-refractivity contribution in [1.29, 1.82) is 0 Å². The van der Waals surface area contributed by atoms with Gasteiger partial charge in [0.05, 0.1) is 18.0 Å². The zero-order valence-electron chi connectivity index (χ0n) is 19.1. The van der Waals surface area contributed by atoms with Gasteiger partial charge in [-0.25, -0.2) is 9.67 Å². The summed E-state index contributed by atoms with van der Waals surface area (Å²) in [5, 5.41) is 16.3. The highest BCUT2D eigenvalue weighted by atomic mass is 16.3. The molecule has 10 heteroatoms. The highest BCUT2D eigenvalue weighted by molar-refractivity contribution is 6.18. The van der Waals surface area contributed by atoms with E-state index in [1.54, 1.807) is 47.4 Å². The van der Waals surface area contributed by atoms with Gasteiger partial charge in [0.25, 0.3) is 5.91 Å². The molecular formula is C25H22N8O2. The van der Waals surface area contributed by atoms with Gasteiger partial charge in [0.1, 0.15) is 24.1 Å². The number of furan rings is 1. The van der Waals surface area contributed by atoms with Crippen LogP contribution in [0.2, 0.25) is 0 Å². The second-order valence-corrected chi connectivity index (χ2v) is 7.85. The molecule has 0 fully saturated rings. The minimum Gasteiger partial charge on any atom is -0.465 e. The average molecular weight is 467 g/mol. The summed E-state index contributed by atoms with van der Waals surface area (Å²) in [6.45, 7) is 1.96. The Morgan fingerprint density at radius 2 is 1.86 bits per heavy atom. The molecule has 0 radical (unpaired) electrons. The number of hydrogen-bond donors (Lipinski definition) is 0. The SMILES string of the molecule is CC(c1ccc(-n2cncn2)cc1)N(C)C(=O)/C(=C\c1ccco1)n1nnnc1-c1ccccc1. The molecule has 0 spiro atoms. The van der Waals surface area contributed by atoms with Crippen molar-refractivity contribution in [1.82, 2.24) is 39.9 Å². The standard InChI is InChI=1S/C25H22N8O2/c1-18(19-10-12-21(13-11-19)32-17-26-16-27-32)31(2)25(34)23(15-22-9-6-14-35-22)33-24(28-29-30-33)20-7-4-3-5-8-20/h3-18H,1-2H3/b23-15+. The number of benzene rings is 2. The number of carbonyl (C=O) groups excluding carboxylic acids is 1. The molecule has 3 heterocycles. The molecule has 174 valence electrons. The molecule has 1 amide bonds. The van der Waals surface area contributed by atoms with Crippen LogP contribution in [0.25, 0.3) is 28.8 Å². The van der Waals surface area contributed by atoms with Crippen molar-refractivity contribution in [2.45, 2.75) is 13.0 Å². The molecular weight excluding hydrogens is 444 g/mol. The minimum atomic E-state index is -0.265. The first-order chi connectivity index (χ1) is 17.1. The molecule has 0 bridgehead atoms. The Morgan fingerprint density at radius 1 is 1.06 bits per heavy atom. The Labute approximate surface area is 201 Å². The second kappa shape index (κ2) is 9.56. The third kappa shape index (κ3) is 4.49. The van der Waals surface area contributed by atoms with Gasteiger partial charge in [0.15, 0.2) is 5.82 Å². The van der Waals surface area contributed by atoms with Crippen LogP contribution in [0.1, 0.15) is 24.3 Å². The van der Waals surface area contributed by atoms with Crippen LogP contribution in [0.4, 0.5) is 0 Å². The Balaban J connectivity index is 1.47. The van der Waals surface area contributed by atoms with Crippen LogP contribution in [0.3, 0.4) is 0 Å². The van der Waals surface area contributed by atoms with E-state index in [0.29, 0.717) is 11.6 Å². The van der Waals surface area contributed by atoms with Crippen LogP contribution in [0, 0.1) is 0 Å². The lowest BCUT2D eigenvalue weighted by atomic mass is 10.1. The largest absolute Gasteiger partial charge is 0.465 e. The van der Waals surface area contributed by atoms with Crippen molar-refractivity contribution in [2.24, 2.45) is 0 Å². The first-order valence-corrected chi connectivity index (χ1v) is 10.9.